The van der Waals surface area contributed by atoms with Crippen LogP contribution in [0.5, 0.6) is 0 Å². The van der Waals surface area contributed by atoms with Crippen molar-refractivity contribution in [2.75, 3.05) is 27.1 Å². The van der Waals surface area contributed by atoms with Crippen molar-refractivity contribution < 1.29 is 46.1 Å². The lowest BCUT2D eigenvalue weighted by Crippen LogP contribution is -2.41. The van der Waals surface area contributed by atoms with Gasteiger partial charge in [0.25, 0.3) is 22.3 Å². The average Bonchev–Trinajstić information content (AvgIpc) is 3.86. The summed E-state index contributed by atoms with van der Waals surface area (Å²) in [5, 5.41) is 20.7. The summed E-state index contributed by atoms with van der Waals surface area (Å²) in [5.41, 5.74) is 2.68. The molecule has 0 aliphatic rings. The zero-order valence-electron chi connectivity index (χ0n) is 34.3. The van der Waals surface area contributed by atoms with Crippen LogP contribution in [0.3, 0.4) is 0 Å². The quantitative estimate of drug-likeness (QED) is 0.0851. The molecule has 64 heavy (non-hydrogen) atoms. The van der Waals surface area contributed by atoms with Crippen molar-refractivity contribution in [3.63, 3.8) is 0 Å². The number of aliphatic hydroxyl groups is 2. The Morgan fingerprint density at radius 1 is 0.719 bits per heavy atom. The molecule has 0 aliphatic heterocycles. The average molecular weight is 969 g/mol. The van der Waals surface area contributed by atoms with Crippen molar-refractivity contribution in [1.82, 2.24) is 32.3 Å². The standard InChI is InChI=1S/C18H19FN4O4S.C13H7ClFN3O3S.C5H13NO.2CH2F2.CH4/c1-9(2)12(8-24)20-17(26)16-11-6-10(4-5-13(11)28-21-16)23-15(25)7-14(19)22(3)18(23)27;1-17-9(15)5-10(19)18(13(17)21)6-2-3-8-7(4-6)11(12(14)20)16-22-8;1-4(2)5(6)3-7;2*2-1-3;/h4-7,9,12,24H,8H2,1-3H3,(H,20,26);2-5H,1H3;4-5,7H,3,6H2,1-2H3;2*1H2;1H4. The minimum absolute atomic E-state index is 0. The number of aromatic nitrogens is 6. The molecule has 0 aliphatic carbocycles. The Morgan fingerprint density at radius 3 is 1.44 bits per heavy atom. The number of carbonyl (C=O) groups excluding carboxylic acids is 2. The number of hydrogen-bond acceptors (Lipinski definition) is 13. The Kier molecular flexibility index (Phi) is 23.2. The first-order valence-electron chi connectivity index (χ1n) is 18.1. The van der Waals surface area contributed by atoms with E-state index in [-0.39, 0.29) is 55.4 Å². The highest BCUT2D eigenvalue weighted by Crippen LogP contribution is 2.27. The van der Waals surface area contributed by atoms with Crippen molar-refractivity contribution in [1.29, 1.82) is 0 Å². The number of aliphatic hydroxyl groups excluding tert-OH is 2. The maximum atomic E-state index is 13.6. The van der Waals surface area contributed by atoms with Gasteiger partial charge < -0.3 is 21.3 Å². The summed E-state index contributed by atoms with van der Waals surface area (Å²) in [7, 11) is 2.43. The minimum Gasteiger partial charge on any atom is -0.395 e. The number of carbonyl (C=O) groups is 2. The largest absolute Gasteiger partial charge is 0.395 e. The lowest BCUT2D eigenvalue weighted by atomic mass is 10.1. The van der Waals surface area contributed by atoms with E-state index in [0.717, 1.165) is 42.8 Å². The van der Waals surface area contributed by atoms with Crippen molar-refractivity contribution in [3.05, 3.63) is 113 Å². The molecule has 352 valence electrons. The van der Waals surface area contributed by atoms with Crippen LogP contribution >= 0.6 is 34.7 Å². The molecule has 6 aromatic rings. The van der Waals surface area contributed by atoms with Crippen molar-refractivity contribution >= 4 is 66.0 Å². The second-order valence-electron chi connectivity index (χ2n) is 13.5. The summed E-state index contributed by atoms with van der Waals surface area (Å²) < 4.78 is 78.0. The Balaban J connectivity index is 0.000000504. The van der Waals surface area contributed by atoms with Gasteiger partial charge >= 0.3 is 11.4 Å². The fraction of sp³-hybridized carbons (Fsp3) is 0.385. The van der Waals surface area contributed by atoms with Crippen LogP contribution in [-0.4, -0.2) is 87.5 Å². The number of halogens is 7. The van der Waals surface area contributed by atoms with Crippen LogP contribution in [0.25, 0.3) is 31.5 Å². The Labute approximate surface area is 374 Å². The van der Waals surface area contributed by atoms with Crippen LogP contribution in [0.4, 0.5) is 26.3 Å². The van der Waals surface area contributed by atoms with Crippen molar-refractivity contribution in [3.8, 4) is 11.4 Å². The van der Waals surface area contributed by atoms with Gasteiger partial charge in [0.2, 0.25) is 25.8 Å². The first kappa shape index (κ1) is 56.5. The van der Waals surface area contributed by atoms with Gasteiger partial charge in [-0.25, -0.2) is 36.3 Å². The maximum absolute atomic E-state index is 13.6. The predicted molar refractivity (Wildman–Crippen MR) is 235 cm³/mol. The normalized spacial score (nSPS) is 11.5. The van der Waals surface area contributed by atoms with Gasteiger partial charge in [-0.3, -0.25) is 28.3 Å². The second-order valence-corrected chi connectivity index (χ2v) is 15.4. The fourth-order valence-electron chi connectivity index (χ4n) is 4.98. The smallest absolute Gasteiger partial charge is 0.337 e. The third-order valence-electron chi connectivity index (χ3n) is 8.73. The molecule has 2 aromatic carbocycles. The monoisotopic (exact) mass is 968 g/mol. The van der Waals surface area contributed by atoms with Crippen LogP contribution in [-0.2, 0) is 14.1 Å². The number of rotatable bonds is 9. The van der Waals surface area contributed by atoms with Gasteiger partial charge in [0, 0.05) is 30.9 Å². The summed E-state index contributed by atoms with van der Waals surface area (Å²) in [6, 6.07) is 10.2. The zero-order chi connectivity index (χ0) is 47.9. The third kappa shape index (κ3) is 14.2. The first-order chi connectivity index (χ1) is 29.6. The van der Waals surface area contributed by atoms with E-state index in [0.29, 0.717) is 36.7 Å². The minimum atomic E-state index is -1.75. The van der Waals surface area contributed by atoms with Crippen molar-refractivity contribution in [2.24, 2.45) is 31.7 Å². The number of amides is 1. The summed E-state index contributed by atoms with van der Waals surface area (Å²) in [4.78, 5) is 72.4. The zero-order valence-corrected chi connectivity index (χ0v) is 36.7. The van der Waals surface area contributed by atoms with Gasteiger partial charge in [-0.15, -0.1) is 0 Å². The van der Waals surface area contributed by atoms with E-state index >= 15 is 0 Å². The van der Waals surface area contributed by atoms with E-state index in [1.54, 1.807) is 12.1 Å². The van der Waals surface area contributed by atoms with E-state index in [1.165, 1.54) is 38.4 Å². The third-order valence-corrected chi connectivity index (χ3v) is 10.6. The van der Waals surface area contributed by atoms with Gasteiger partial charge in [-0.05, 0) is 82.9 Å². The summed E-state index contributed by atoms with van der Waals surface area (Å²) in [5.74, 6) is -1.91. The van der Waals surface area contributed by atoms with Gasteiger partial charge in [-0.1, -0.05) is 35.1 Å². The summed E-state index contributed by atoms with van der Waals surface area (Å²) in [6.07, 6.45) is 0. The molecular formula is C39H47ClF6N8O8S2. The summed E-state index contributed by atoms with van der Waals surface area (Å²) in [6.45, 7) is 4.10. The van der Waals surface area contributed by atoms with Crippen LogP contribution in [0, 0.1) is 23.7 Å². The van der Waals surface area contributed by atoms with Gasteiger partial charge in [-0.2, -0.15) is 17.5 Å². The Bertz CT molecular complexity index is 2740. The van der Waals surface area contributed by atoms with Gasteiger partial charge in [0.05, 0.1) is 52.2 Å². The SMILES string of the molecule is C.CC(C)C(CO)NC(=O)c1nsc2ccc(-n3c(=O)cc(F)n(C)c3=O)cc12.CC(C)C(N)CO.Cn1c(F)cc(=O)n(-c2ccc3snc(C(=O)Cl)c3c2)c1=O.FCF.FCF. The fourth-order valence-corrected chi connectivity index (χ4v) is 6.68. The molecule has 6 rings (SSSR count). The molecular weight excluding hydrogens is 922 g/mol. The number of nitrogens with zero attached hydrogens (tertiary/aromatic N) is 6. The number of fused-ring (bicyclic) bond motifs is 2. The molecule has 0 fully saturated rings. The van der Waals surface area contributed by atoms with Crippen LogP contribution in [0.2, 0.25) is 0 Å². The number of nitrogens with one attached hydrogen (secondary N) is 1. The van der Waals surface area contributed by atoms with E-state index in [4.69, 9.17) is 22.4 Å². The lowest BCUT2D eigenvalue weighted by Gasteiger charge is -2.19. The van der Waals surface area contributed by atoms with Crippen LogP contribution in [0.1, 0.15) is 56.1 Å². The molecule has 2 atom stereocenters. The van der Waals surface area contributed by atoms with E-state index in [1.807, 2.05) is 27.7 Å². The highest BCUT2D eigenvalue weighted by molar-refractivity contribution is 7.14. The molecule has 5 N–H and O–H groups in total. The van der Waals surface area contributed by atoms with Crippen LogP contribution < -0.4 is 33.5 Å². The second kappa shape index (κ2) is 26.3. The molecule has 0 saturated carbocycles. The summed E-state index contributed by atoms with van der Waals surface area (Å²) >= 11 is 7.63. The number of nitrogens with two attached hydrogens (primary N) is 1. The topological polar surface area (TPSA) is 226 Å². The van der Waals surface area contributed by atoms with E-state index in [9.17, 15) is 60.2 Å². The molecule has 0 bridgehead atoms. The van der Waals surface area contributed by atoms with E-state index < -0.39 is 65.4 Å². The van der Waals surface area contributed by atoms with Crippen molar-refractivity contribution in [2.45, 2.75) is 47.2 Å². The number of hydrogen-bond donors (Lipinski definition) is 4. The van der Waals surface area contributed by atoms with Gasteiger partial charge in [0.15, 0.2) is 0 Å². The van der Waals surface area contributed by atoms with E-state index in [2.05, 4.69) is 14.1 Å². The van der Waals surface area contributed by atoms with Crippen LogP contribution in [0.15, 0.2) is 67.7 Å². The molecule has 16 nitrogen and oxygen atoms in total. The molecule has 1 amide bonds. The molecule has 4 aromatic heterocycles. The lowest BCUT2D eigenvalue weighted by molar-refractivity contribution is 0.0894. The molecule has 2 unspecified atom stereocenters. The Hall–Kier alpha value is -5.53. The molecule has 0 spiro atoms. The highest BCUT2D eigenvalue weighted by atomic mass is 35.5. The highest BCUT2D eigenvalue weighted by Gasteiger charge is 2.22. The molecule has 25 heteroatoms. The molecule has 0 saturated heterocycles. The molecule has 0 radical (unpaired) electrons. The van der Waals surface area contributed by atoms with Gasteiger partial charge in [0.1, 0.15) is 11.4 Å². The predicted octanol–water partition coefficient (Wildman–Crippen LogP) is 5.06. The maximum Gasteiger partial charge on any atom is 0.337 e. The number of alkyl halides is 4. The Morgan fingerprint density at radius 2 is 1.11 bits per heavy atom. The molecule has 4 heterocycles. The number of benzene rings is 2. The first-order valence-corrected chi connectivity index (χ1v) is 20.1.